The molecule has 3 rings (SSSR count). The predicted molar refractivity (Wildman–Crippen MR) is 100 cm³/mol. The summed E-state index contributed by atoms with van der Waals surface area (Å²) < 4.78 is 1.23. The molecule has 0 atom stereocenters. The third-order valence-electron chi connectivity index (χ3n) is 3.80. The van der Waals surface area contributed by atoms with Crippen LogP contribution in [0.15, 0.2) is 36.4 Å². The van der Waals surface area contributed by atoms with Gasteiger partial charge in [-0.25, -0.2) is 4.68 Å². The Balaban J connectivity index is 1.92. The molecule has 1 heterocycles. The zero-order chi connectivity index (χ0) is 19.7. The van der Waals surface area contributed by atoms with Crippen LogP contribution in [-0.4, -0.2) is 31.8 Å². The minimum absolute atomic E-state index is 0.0144. The lowest BCUT2D eigenvalue weighted by Crippen LogP contribution is -2.15. The molecule has 27 heavy (non-hydrogen) atoms. The van der Waals surface area contributed by atoms with Crippen LogP contribution in [0.1, 0.15) is 32.0 Å². The van der Waals surface area contributed by atoms with Crippen LogP contribution in [-0.2, 0) is 6.54 Å². The van der Waals surface area contributed by atoms with Gasteiger partial charge in [0.1, 0.15) is 5.75 Å². The highest BCUT2D eigenvalue weighted by atomic mass is 35.5. The molecule has 3 aromatic rings. The molecule has 0 unspecified atom stereocenters. The summed E-state index contributed by atoms with van der Waals surface area (Å²) in [7, 11) is 0. The number of nitrogen functional groups attached to an aromatic ring is 1. The van der Waals surface area contributed by atoms with Gasteiger partial charge >= 0.3 is 0 Å². The van der Waals surface area contributed by atoms with Gasteiger partial charge in [-0.2, -0.15) is 0 Å². The Morgan fingerprint density at radius 2 is 1.81 bits per heavy atom. The largest absolute Gasteiger partial charge is 0.507 e. The van der Waals surface area contributed by atoms with Crippen molar-refractivity contribution in [2.75, 3.05) is 5.73 Å². The van der Waals surface area contributed by atoms with Crippen LogP contribution in [0.2, 0.25) is 10.0 Å². The zero-order valence-corrected chi connectivity index (χ0v) is 15.2. The second-order valence-corrected chi connectivity index (χ2v) is 6.50. The van der Waals surface area contributed by atoms with Crippen LogP contribution in [0.25, 0.3) is 0 Å². The van der Waals surface area contributed by atoms with Crippen molar-refractivity contribution in [1.82, 2.24) is 15.0 Å². The average Bonchev–Trinajstić information content (AvgIpc) is 2.95. The highest BCUT2D eigenvalue weighted by Gasteiger charge is 2.20. The summed E-state index contributed by atoms with van der Waals surface area (Å²) in [5.74, 6) is -1.56. The van der Waals surface area contributed by atoms with E-state index in [0.717, 1.165) is 0 Å². The number of nitrogens with zero attached hydrogens (tertiary/aromatic N) is 3. The van der Waals surface area contributed by atoms with Crippen LogP contribution in [0, 0.1) is 0 Å². The molecule has 0 radical (unpaired) electrons. The first-order valence-electron chi connectivity index (χ1n) is 7.58. The molecule has 0 bridgehead atoms. The first-order chi connectivity index (χ1) is 12.8. The maximum atomic E-state index is 12.6. The van der Waals surface area contributed by atoms with Gasteiger partial charge < -0.3 is 16.6 Å². The van der Waals surface area contributed by atoms with Gasteiger partial charge in [-0.15, -0.1) is 5.10 Å². The molecular formula is C17H13Cl2N5O3. The Morgan fingerprint density at radius 3 is 2.37 bits per heavy atom. The van der Waals surface area contributed by atoms with Crippen molar-refractivity contribution in [3.8, 4) is 5.75 Å². The summed E-state index contributed by atoms with van der Waals surface area (Å²) in [5, 5.41) is 18.2. The van der Waals surface area contributed by atoms with E-state index in [0.29, 0.717) is 16.1 Å². The third-order valence-corrected chi connectivity index (χ3v) is 4.35. The van der Waals surface area contributed by atoms with Gasteiger partial charge in [-0.05, 0) is 42.0 Å². The van der Waals surface area contributed by atoms with Crippen molar-refractivity contribution in [2.45, 2.75) is 6.54 Å². The number of benzene rings is 2. The number of anilines is 1. The number of amides is 1. The van der Waals surface area contributed by atoms with E-state index in [1.54, 1.807) is 12.1 Å². The maximum Gasteiger partial charge on any atom is 0.273 e. The van der Waals surface area contributed by atoms with Gasteiger partial charge in [0, 0.05) is 10.6 Å². The van der Waals surface area contributed by atoms with Crippen LogP contribution in [0.3, 0.4) is 0 Å². The monoisotopic (exact) mass is 405 g/mol. The van der Waals surface area contributed by atoms with Crippen molar-refractivity contribution in [2.24, 2.45) is 5.73 Å². The Labute approximate surface area is 163 Å². The van der Waals surface area contributed by atoms with E-state index in [1.165, 1.54) is 28.9 Å². The number of primary amides is 1. The molecule has 5 N–H and O–H groups in total. The molecule has 0 aliphatic rings. The molecule has 1 aromatic heterocycles. The number of aromatic hydroxyl groups is 1. The topological polar surface area (TPSA) is 137 Å². The molecule has 0 aliphatic carbocycles. The normalized spacial score (nSPS) is 10.7. The van der Waals surface area contributed by atoms with E-state index in [4.69, 9.17) is 34.7 Å². The van der Waals surface area contributed by atoms with E-state index in [-0.39, 0.29) is 34.4 Å². The summed E-state index contributed by atoms with van der Waals surface area (Å²) >= 11 is 12.0. The average molecular weight is 406 g/mol. The highest BCUT2D eigenvalue weighted by molar-refractivity contribution is 6.35. The fourth-order valence-corrected chi connectivity index (χ4v) is 2.94. The molecular weight excluding hydrogens is 393 g/mol. The van der Waals surface area contributed by atoms with Gasteiger partial charge in [-0.3, -0.25) is 9.59 Å². The Morgan fingerprint density at radius 1 is 1.15 bits per heavy atom. The Hall–Kier alpha value is -3.10. The molecule has 0 aliphatic heterocycles. The fraction of sp³-hybridized carbons (Fsp3) is 0.0588. The Kier molecular flexibility index (Phi) is 5.02. The zero-order valence-electron chi connectivity index (χ0n) is 13.7. The van der Waals surface area contributed by atoms with Gasteiger partial charge in [0.15, 0.2) is 17.3 Å². The van der Waals surface area contributed by atoms with E-state index < -0.39 is 11.7 Å². The minimum Gasteiger partial charge on any atom is -0.507 e. The number of rotatable bonds is 5. The number of phenolic OH excluding ortho intramolecular Hbond substituents is 1. The number of phenols is 1. The van der Waals surface area contributed by atoms with Crippen LogP contribution in [0.5, 0.6) is 5.75 Å². The highest BCUT2D eigenvalue weighted by Crippen LogP contribution is 2.31. The fourth-order valence-electron chi connectivity index (χ4n) is 2.49. The number of ketones is 1. The first-order valence-corrected chi connectivity index (χ1v) is 8.34. The van der Waals surface area contributed by atoms with Gasteiger partial charge in [0.25, 0.3) is 5.91 Å². The number of halogens is 2. The van der Waals surface area contributed by atoms with Crippen molar-refractivity contribution < 1.29 is 14.7 Å². The summed E-state index contributed by atoms with van der Waals surface area (Å²) in [5.41, 5.74) is 11.6. The Bertz CT molecular complexity index is 1020. The lowest BCUT2D eigenvalue weighted by molar-refractivity contribution is 0.0994. The van der Waals surface area contributed by atoms with E-state index >= 15 is 0 Å². The second kappa shape index (κ2) is 7.26. The van der Waals surface area contributed by atoms with Crippen LogP contribution < -0.4 is 11.5 Å². The SMILES string of the molecule is NC(=O)c1nnn(Cc2cc(O)c(C(=O)c3ccc(Cl)cc3)c(Cl)c2)c1N. The summed E-state index contributed by atoms with van der Waals surface area (Å²) in [6.07, 6.45) is 0. The molecule has 0 saturated carbocycles. The maximum absolute atomic E-state index is 12.6. The van der Waals surface area contributed by atoms with Crippen molar-refractivity contribution in [3.05, 3.63) is 68.8 Å². The molecule has 8 nitrogen and oxygen atoms in total. The summed E-state index contributed by atoms with van der Waals surface area (Å²) in [6, 6.07) is 9.07. The van der Waals surface area contributed by atoms with Crippen molar-refractivity contribution in [3.63, 3.8) is 0 Å². The molecule has 138 valence electrons. The number of aromatic nitrogens is 3. The predicted octanol–water partition coefficient (Wildman–Crippen LogP) is 2.25. The molecule has 2 aromatic carbocycles. The first kappa shape index (κ1) is 18.7. The molecule has 1 amide bonds. The van der Waals surface area contributed by atoms with Crippen molar-refractivity contribution in [1.29, 1.82) is 0 Å². The summed E-state index contributed by atoms with van der Waals surface area (Å²) in [4.78, 5) is 23.8. The standard InChI is InChI=1S/C17H13Cl2N5O3/c18-10-3-1-9(2-4-10)15(26)13-11(19)5-8(6-12(13)25)7-24-16(20)14(17(21)27)22-23-24/h1-6,25H,7,20H2,(H2,21,27). The number of carbonyl (C=O) groups is 2. The van der Waals surface area contributed by atoms with E-state index in [1.807, 2.05) is 0 Å². The van der Waals surface area contributed by atoms with Crippen molar-refractivity contribution >= 4 is 40.7 Å². The van der Waals surface area contributed by atoms with Crippen LogP contribution in [0.4, 0.5) is 5.82 Å². The molecule has 0 spiro atoms. The van der Waals surface area contributed by atoms with E-state index in [9.17, 15) is 14.7 Å². The molecule has 10 heteroatoms. The smallest absolute Gasteiger partial charge is 0.273 e. The number of hydrogen-bond donors (Lipinski definition) is 3. The lowest BCUT2D eigenvalue weighted by atomic mass is 10.0. The second-order valence-electron chi connectivity index (χ2n) is 5.65. The van der Waals surface area contributed by atoms with E-state index in [2.05, 4.69) is 10.3 Å². The van der Waals surface area contributed by atoms with Gasteiger partial charge in [0.05, 0.1) is 17.1 Å². The lowest BCUT2D eigenvalue weighted by Gasteiger charge is -2.10. The van der Waals surface area contributed by atoms with Crippen LogP contribution >= 0.6 is 23.2 Å². The van der Waals surface area contributed by atoms with Gasteiger partial charge in [0.2, 0.25) is 0 Å². The third kappa shape index (κ3) is 3.71. The number of nitrogens with two attached hydrogens (primary N) is 2. The summed E-state index contributed by atoms with van der Waals surface area (Å²) in [6.45, 7) is 0.0643. The molecule has 0 saturated heterocycles. The minimum atomic E-state index is -0.802. The van der Waals surface area contributed by atoms with Gasteiger partial charge in [-0.1, -0.05) is 28.4 Å². The molecule has 0 fully saturated rings. The number of carbonyl (C=O) groups excluding carboxylic acids is 2. The quantitative estimate of drug-likeness (QED) is 0.556. The number of hydrogen-bond acceptors (Lipinski definition) is 6.